The minimum atomic E-state index is -3.44. The highest BCUT2D eigenvalue weighted by Crippen LogP contribution is 2.19. The molecule has 0 saturated heterocycles. The van der Waals surface area contributed by atoms with E-state index in [9.17, 15) is 16.8 Å². The van der Waals surface area contributed by atoms with E-state index < -0.39 is 40.9 Å². The summed E-state index contributed by atoms with van der Waals surface area (Å²) in [5.41, 5.74) is 0. The van der Waals surface area contributed by atoms with E-state index >= 15 is 0 Å². The summed E-state index contributed by atoms with van der Waals surface area (Å²) < 4.78 is 49.8. The molecule has 7 heteroatoms. The number of rotatable bonds is 12. The van der Waals surface area contributed by atoms with Crippen LogP contribution in [0.25, 0.3) is 0 Å². The Kier molecular flexibility index (Phi) is 9.93. The third-order valence-electron chi connectivity index (χ3n) is 4.42. The molecule has 0 aliphatic heterocycles. The molecule has 4 unspecified atom stereocenters. The Hall–Kier alpha value is -0.140. The van der Waals surface area contributed by atoms with Crippen LogP contribution in [-0.4, -0.2) is 38.1 Å². The van der Waals surface area contributed by atoms with Gasteiger partial charge in [0.2, 0.25) is 0 Å². The molecule has 0 aliphatic carbocycles. The normalized spacial score (nSPS) is 18.3. The predicted molar refractivity (Wildman–Crippen MR) is 96.9 cm³/mol. The molecule has 4 atom stereocenters. The maximum Gasteiger partial charge on any atom is 0.169 e. The lowest BCUT2D eigenvalue weighted by Crippen LogP contribution is -2.43. The number of nitrogens with zero attached hydrogens (tertiary/aromatic N) is 1. The number of sulfone groups is 2. The van der Waals surface area contributed by atoms with Gasteiger partial charge in [0.1, 0.15) is 10.7 Å². The van der Waals surface area contributed by atoms with Gasteiger partial charge in [-0.2, -0.15) is 0 Å². The van der Waals surface area contributed by atoms with Crippen molar-refractivity contribution >= 4 is 19.7 Å². The third-order valence-corrected chi connectivity index (χ3v) is 9.28. The maximum absolute atomic E-state index is 12.5. The molecule has 139 valence electrons. The molecule has 0 aromatic heterocycles. The van der Waals surface area contributed by atoms with E-state index in [1.807, 2.05) is 13.8 Å². The van der Waals surface area contributed by atoms with E-state index in [0.29, 0.717) is 12.8 Å². The van der Waals surface area contributed by atoms with Gasteiger partial charge >= 0.3 is 0 Å². The molecule has 0 aromatic rings. The van der Waals surface area contributed by atoms with E-state index in [1.54, 1.807) is 13.8 Å². The lowest BCUT2D eigenvalue weighted by Gasteiger charge is -2.24. The first-order valence-corrected chi connectivity index (χ1v) is 11.9. The second kappa shape index (κ2) is 9.99. The van der Waals surface area contributed by atoms with Crippen molar-refractivity contribution in [1.82, 2.24) is 5.32 Å². The number of hydrogen-bond acceptors (Lipinski definition) is 4. The van der Waals surface area contributed by atoms with Crippen LogP contribution in [0.15, 0.2) is 0 Å². The van der Waals surface area contributed by atoms with Crippen molar-refractivity contribution in [3.8, 4) is 0 Å². The quantitative estimate of drug-likeness (QED) is 0.529. The van der Waals surface area contributed by atoms with Crippen molar-refractivity contribution in [1.29, 1.82) is 0 Å². The smallest absolute Gasteiger partial charge is 0.169 e. The summed E-state index contributed by atoms with van der Waals surface area (Å²) in [5, 5.41) is 1.14. The van der Waals surface area contributed by atoms with Gasteiger partial charge in [-0.15, -0.1) is 0 Å². The molecule has 0 bridgehead atoms. The van der Waals surface area contributed by atoms with E-state index in [4.69, 9.17) is 0 Å². The monoisotopic (exact) mass is 368 g/mol. The van der Waals surface area contributed by atoms with Gasteiger partial charge in [0.15, 0.2) is 19.7 Å². The zero-order chi connectivity index (χ0) is 18.3. The molecule has 0 aromatic carbocycles. The fourth-order valence-electron chi connectivity index (χ4n) is 2.45. The van der Waals surface area contributed by atoms with Crippen molar-refractivity contribution in [2.45, 2.75) is 101 Å². The molecule has 0 saturated carbocycles. The third kappa shape index (κ3) is 6.70. The Morgan fingerprint density at radius 3 is 1.26 bits per heavy atom. The maximum atomic E-state index is 12.5. The van der Waals surface area contributed by atoms with Crippen LogP contribution >= 0.6 is 0 Å². The average molecular weight is 369 g/mol. The van der Waals surface area contributed by atoms with Gasteiger partial charge in [-0.05, 0) is 40.5 Å². The second-order valence-corrected chi connectivity index (χ2v) is 11.8. The van der Waals surface area contributed by atoms with Gasteiger partial charge in [0.25, 0.3) is 0 Å². The molecular weight excluding hydrogens is 334 g/mol. The first-order chi connectivity index (χ1) is 10.5. The SMILES string of the molecule is CCCCC(C)S(=O)(=O)C(C)[N]C(C)S(=O)(=O)C(C)CCCC. The van der Waals surface area contributed by atoms with Crippen LogP contribution < -0.4 is 5.32 Å². The topological polar surface area (TPSA) is 82.4 Å². The van der Waals surface area contributed by atoms with Crippen LogP contribution in [0.1, 0.15) is 80.1 Å². The summed E-state index contributed by atoms with van der Waals surface area (Å²) in [6.45, 7) is 10.4. The fraction of sp³-hybridized carbons (Fsp3) is 1.00. The highest BCUT2D eigenvalue weighted by atomic mass is 32.2. The molecule has 0 amide bonds. The van der Waals surface area contributed by atoms with Crippen LogP contribution in [0.3, 0.4) is 0 Å². The van der Waals surface area contributed by atoms with E-state index in [1.165, 1.54) is 13.8 Å². The summed E-state index contributed by atoms with van der Waals surface area (Å²) in [6.07, 6.45) is 4.74. The highest BCUT2D eigenvalue weighted by Gasteiger charge is 2.34. The van der Waals surface area contributed by atoms with Crippen LogP contribution in [0.2, 0.25) is 0 Å². The largest absolute Gasteiger partial charge is 0.227 e. The summed E-state index contributed by atoms with van der Waals surface area (Å²) in [5.74, 6) is 0. The van der Waals surface area contributed by atoms with Gasteiger partial charge in [-0.25, -0.2) is 22.2 Å². The van der Waals surface area contributed by atoms with Crippen LogP contribution in [0.4, 0.5) is 0 Å². The molecular formula is C16H34NO4S2. The van der Waals surface area contributed by atoms with Gasteiger partial charge in [-0.1, -0.05) is 39.5 Å². The Morgan fingerprint density at radius 2 is 1.00 bits per heavy atom. The van der Waals surface area contributed by atoms with Crippen LogP contribution in [-0.2, 0) is 19.7 Å². The summed E-state index contributed by atoms with van der Waals surface area (Å²) in [7, 11) is -6.88. The molecule has 5 nitrogen and oxygen atoms in total. The minimum Gasteiger partial charge on any atom is -0.227 e. The predicted octanol–water partition coefficient (Wildman–Crippen LogP) is 3.27. The zero-order valence-electron chi connectivity index (χ0n) is 15.4. The molecule has 0 aliphatic rings. The molecule has 0 spiro atoms. The Morgan fingerprint density at radius 1 is 0.696 bits per heavy atom. The molecule has 0 rings (SSSR count). The lowest BCUT2D eigenvalue weighted by molar-refractivity contribution is 0.510. The summed E-state index contributed by atoms with van der Waals surface area (Å²) in [4.78, 5) is 0. The van der Waals surface area contributed by atoms with Gasteiger partial charge in [-0.3, -0.25) is 0 Å². The molecule has 1 radical (unpaired) electrons. The second-order valence-electron chi connectivity index (χ2n) is 6.43. The number of hydrogen-bond donors (Lipinski definition) is 0. The van der Waals surface area contributed by atoms with Crippen molar-refractivity contribution in [2.24, 2.45) is 0 Å². The van der Waals surface area contributed by atoms with Gasteiger partial charge < -0.3 is 0 Å². The van der Waals surface area contributed by atoms with Crippen molar-refractivity contribution in [3.05, 3.63) is 0 Å². The van der Waals surface area contributed by atoms with Crippen LogP contribution in [0, 0.1) is 0 Å². The van der Waals surface area contributed by atoms with Crippen LogP contribution in [0.5, 0.6) is 0 Å². The van der Waals surface area contributed by atoms with Gasteiger partial charge in [0, 0.05) is 0 Å². The van der Waals surface area contributed by atoms with Crippen molar-refractivity contribution in [3.63, 3.8) is 0 Å². The van der Waals surface area contributed by atoms with Crippen molar-refractivity contribution in [2.75, 3.05) is 0 Å². The minimum absolute atomic E-state index is 0.492. The molecule has 0 heterocycles. The first-order valence-electron chi connectivity index (χ1n) is 8.67. The highest BCUT2D eigenvalue weighted by molar-refractivity contribution is 7.93. The summed E-state index contributed by atoms with van der Waals surface area (Å²) in [6, 6.07) is 0. The standard InChI is InChI=1S/C16H34NO4S2/c1-7-9-11-13(3)22(18,19)15(5)17-16(6)23(20,21)14(4)12-10-8-2/h13-16H,7-12H2,1-6H3. The van der Waals surface area contributed by atoms with E-state index in [2.05, 4.69) is 5.32 Å². The zero-order valence-corrected chi connectivity index (χ0v) is 17.1. The molecule has 0 fully saturated rings. The molecule has 23 heavy (non-hydrogen) atoms. The summed E-state index contributed by atoms with van der Waals surface area (Å²) >= 11 is 0. The van der Waals surface area contributed by atoms with E-state index in [0.717, 1.165) is 25.7 Å². The number of unbranched alkanes of at least 4 members (excludes halogenated alkanes) is 2. The Bertz CT molecular complexity index is 480. The Balaban J connectivity index is 4.90. The molecule has 0 N–H and O–H groups in total. The van der Waals surface area contributed by atoms with Crippen molar-refractivity contribution < 1.29 is 16.8 Å². The lowest BCUT2D eigenvalue weighted by atomic mass is 10.2. The fourth-order valence-corrected chi connectivity index (χ4v) is 5.57. The van der Waals surface area contributed by atoms with Gasteiger partial charge in [0.05, 0.1) is 10.5 Å². The Labute approximate surface area is 143 Å². The first kappa shape index (κ1) is 22.9. The van der Waals surface area contributed by atoms with E-state index in [-0.39, 0.29) is 0 Å². The average Bonchev–Trinajstić information content (AvgIpc) is 2.49.